The Morgan fingerprint density at radius 3 is 2.50 bits per heavy atom. The zero-order valence-electron chi connectivity index (χ0n) is 7.19. The summed E-state index contributed by atoms with van der Waals surface area (Å²) >= 11 is 0. The van der Waals surface area contributed by atoms with E-state index in [0.717, 1.165) is 12.5 Å². The van der Waals surface area contributed by atoms with Crippen LogP contribution in [0.25, 0.3) is 0 Å². The third kappa shape index (κ3) is 4.77. The average Bonchev–Trinajstić information content (AvgIpc) is 1.98. The zero-order chi connectivity index (χ0) is 7.82. The summed E-state index contributed by atoms with van der Waals surface area (Å²) in [7, 11) is 0. The van der Waals surface area contributed by atoms with Gasteiger partial charge in [0.25, 0.3) is 0 Å². The fourth-order valence-electron chi connectivity index (χ4n) is 1.11. The van der Waals surface area contributed by atoms with Crippen molar-refractivity contribution >= 4 is 0 Å². The van der Waals surface area contributed by atoms with Gasteiger partial charge in [-0.2, -0.15) is 0 Å². The maximum absolute atomic E-state index is 5.23. The van der Waals surface area contributed by atoms with Crippen molar-refractivity contribution in [2.45, 2.75) is 39.5 Å². The molecule has 3 N–H and O–H groups in total. The van der Waals surface area contributed by atoms with Gasteiger partial charge >= 0.3 is 0 Å². The Morgan fingerprint density at radius 1 is 1.40 bits per heavy atom. The van der Waals surface area contributed by atoms with Crippen LogP contribution in [0.1, 0.15) is 39.5 Å². The molecule has 0 aliphatic heterocycles. The van der Waals surface area contributed by atoms with E-state index >= 15 is 0 Å². The van der Waals surface area contributed by atoms with E-state index in [1.54, 1.807) is 0 Å². The van der Waals surface area contributed by atoms with E-state index in [1.165, 1.54) is 25.7 Å². The van der Waals surface area contributed by atoms with Gasteiger partial charge in [0, 0.05) is 6.54 Å². The van der Waals surface area contributed by atoms with Crippen LogP contribution in [-0.4, -0.2) is 6.54 Å². The number of hydrogen-bond acceptors (Lipinski definition) is 2. The molecule has 62 valence electrons. The number of unbranched alkanes of at least 4 members (excludes halogenated alkanes) is 1. The lowest BCUT2D eigenvalue weighted by atomic mass is 10.00. The van der Waals surface area contributed by atoms with E-state index in [4.69, 9.17) is 5.84 Å². The molecular formula is C8H20N2. The second-order valence-corrected chi connectivity index (χ2v) is 2.82. The number of nitrogens with one attached hydrogen (secondary N) is 1. The normalized spacial score (nSPS) is 13.5. The second kappa shape index (κ2) is 7.03. The molecule has 2 nitrogen and oxygen atoms in total. The summed E-state index contributed by atoms with van der Waals surface area (Å²) in [4.78, 5) is 0. The number of nitrogens with two attached hydrogens (primary N) is 1. The first-order chi connectivity index (χ1) is 4.85. The van der Waals surface area contributed by atoms with Crippen LogP contribution >= 0.6 is 0 Å². The lowest BCUT2D eigenvalue weighted by Crippen LogP contribution is -2.28. The van der Waals surface area contributed by atoms with Gasteiger partial charge in [-0.3, -0.25) is 11.3 Å². The Morgan fingerprint density at radius 2 is 2.10 bits per heavy atom. The van der Waals surface area contributed by atoms with Gasteiger partial charge in [-0.25, -0.2) is 0 Å². The third-order valence-corrected chi connectivity index (χ3v) is 1.95. The quantitative estimate of drug-likeness (QED) is 0.439. The van der Waals surface area contributed by atoms with Gasteiger partial charge in [0.1, 0.15) is 0 Å². The van der Waals surface area contributed by atoms with Gasteiger partial charge in [0.05, 0.1) is 0 Å². The van der Waals surface area contributed by atoms with E-state index in [1.807, 2.05) is 0 Å². The topological polar surface area (TPSA) is 38.0 Å². The van der Waals surface area contributed by atoms with Crippen molar-refractivity contribution in [1.82, 2.24) is 5.43 Å². The van der Waals surface area contributed by atoms with Gasteiger partial charge in [0.2, 0.25) is 0 Å². The SMILES string of the molecule is CCCC[C@@H](CC)CNN. The fraction of sp³-hybridized carbons (Fsp3) is 1.00. The van der Waals surface area contributed by atoms with E-state index in [2.05, 4.69) is 19.3 Å². The van der Waals surface area contributed by atoms with Crippen LogP contribution in [0.3, 0.4) is 0 Å². The molecule has 0 aliphatic carbocycles. The number of hydrogen-bond donors (Lipinski definition) is 2. The lowest BCUT2D eigenvalue weighted by Gasteiger charge is -2.12. The molecule has 0 bridgehead atoms. The van der Waals surface area contributed by atoms with Crippen LogP contribution in [-0.2, 0) is 0 Å². The highest BCUT2D eigenvalue weighted by molar-refractivity contribution is 4.57. The van der Waals surface area contributed by atoms with Crippen molar-refractivity contribution in [2.75, 3.05) is 6.54 Å². The molecule has 0 fully saturated rings. The second-order valence-electron chi connectivity index (χ2n) is 2.82. The highest BCUT2D eigenvalue weighted by atomic mass is 15.2. The molecule has 0 unspecified atom stereocenters. The average molecular weight is 144 g/mol. The maximum Gasteiger partial charge on any atom is 0.0126 e. The molecule has 0 amide bonds. The minimum absolute atomic E-state index is 0.782. The zero-order valence-corrected chi connectivity index (χ0v) is 7.19. The van der Waals surface area contributed by atoms with Crippen molar-refractivity contribution in [3.63, 3.8) is 0 Å². The number of hydrazine groups is 1. The van der Waals surface area contributed by atoms with E-state index in [0.29, 0.717) is 0 Å². The molecule has 0 aliphatic rings. The summed E-state index contributed by atoms with van der Waals surface area (Å²) in [5.41, 5.74) is 2.73. The molecule has 2 heteroatoms. The Hall–Kier alpha value is -0.0800. The Labute approximate surface area is 64.2 Å². The predicted molar refractivity (Wildman–Crippen MR) is 45.5 cm³/mol. The molecule has 10 heavy (non-hydrogen) atoms. The highest BCUT2D eigenvalue weighted by Crippen LogP contribution is 2.10. The van der Waals surface area contributed by atoms with Crippen LogP contribution in [0.5, 0.6) is 0 Å². The molecule has 0 heterocycles. The van der Waals surface area contributed by atoms with Crippen molar-refractivity contribution < 1.29 is 0 Å². The summed E-state index contributed by atoms with van der Waals surface area (Å²) < 4.78 is 0. The minimum atomic E-state index is 0.782. The standard InChI is InChI=1S/C8H20N2/c1-3-5-6-8(4-2)7-10-9/h8,10H,3-7,9H2,1-2H3/t8-/m1/s1. The molecule has 0 saturated heterocycles. The van der Waals surface area contributed by atoms with Gasteiger partial charge in [-0.15, -0.1) is 0 Å². The van der Waals surface area contributed by atoms with E-state index in [-0.39, 0.29) is 0 Å². The molecular weight excluding hydrogens is 124 g/mol. The van der Waals surface area contributed by atoms with Gasteiger partial charge < -0.3 is 0 Å². The van der Waals surface area contributed by atoms with Crippen LogP contribution in [0.15, 0.2) is 0 Å². The molecule has 1 atom stereocenters. The van der Waals surface area contributed by atoms with Gasteiger partial charge in [-0.05, 0) is 12.3 Å². The van der Waals surface area contributed by atoms with Crippen molar-refractivity contribution in [2.24, 2.45) is 11.8 Å². The molecule has 0 radical (unpaired) electrons. The smallest absolute Gasteiger partial charge is 0.0126 e. The van der Waals surface area contributed by atoms with Gasteiger partial charge in [-0.1, -0.05) is 33.1 Å². The van der Waals surface area contributed by atoms with Gasteiger partial charge in [0.15, 0.2) is 0 Å². The van der Waals surface area contributed by atoms with Crippen molar-refractivity contribution in [3.8, 4) is 0 Å². The summed E-state index contributed by atoms with van der Waals surface area (Å²) in [6, 6.07) is 0. The lowest BCUT2D eigenvalue weighted by molar-refractivity contribution is 0.424. The van der Waals surface area contributed by atoms with Crippen LogP contribution in [0, 0.1) is 5.92 Å². The summed E-state index contributed by atoms with van der Waals surface area (Å²) in [6.07, 6.45) is 5.18. The maximum atomic E-state index is 5.23. The molecule has 0 aromatic carbocycles. The number of rotatable bonds is 6. The van der Waals surface area contributed by atoms with Crippen molar-refractivity contribution in [1.29, 1.82) is 0 Å². The first-order valence-corrected chi connectivity index (χ1v) is 4.28. The predicted octanol–water partition coefficient (Wildman–Crippen LogP) is 1.67. The van der Waals surface area contributed by atoms with Crippen molar-refractivity contribution in [3.05, 3.63) is 0 Å². The summed E-state index contributed by atoms with van der Waals surface area (Å²) in [5, 5.41) is 0. The summed E-state index contributed by atoms with van der Waals surface area (Å²) in [5.74, 6) is 6.01. The van der Waals surface area contributed by atoms with Crippen LogP contribution in [0.2, 0.25) is 0 Å². The monoisotopic (exact) mass is 144 g/mol. The molecule has 0 aromatic rings. The Kier molecular flexibility index (Phi) is 6.98. The first-order valence-electron chi connectivity index (χ1n) is 4.28. The van der Waals surface area contributed by atoms with Crippen LogP contribution < -0.4 is 11.3 Å². The largest absolute Gasteiger partial charge is 0.271 e. The highest BCUT2D eigenvalue weighted by Gasteiger charge is 2.02. The summed E-state index contributed by atoms with van der Waals surface area (Å²) in [6.45, 7) is 5.41. The van der Waals surface area contributed by atoms with E-state index < -0.39 is 0 Å². The van der Waals surface area contributed by atoms with E-state index in [9.17, 15) is 0 Å². The molecule has 0 spiro atoms. The van der Waals surface area contributed by atoms with Crippen LogP contribution in [0.4, 0.5) is 0 Å². The Balaban J connectivity index is 3.21. The molecule has 0 rings (SSSR count). The molecule has 0 aromatic heterocycles. The fourth-order valence-corrected chi connectivity index (χ4v) is 1.11. The molecule has 0 saturated carbocycles. The minimum Gasteiger partial charge on any atom is -0.271 e. The first kappa shape index (κ1) is 9.92. The Bertz CT molecular complexity index is 64.3. The third-order valence-electron chi connectivity index (χ3n) is 1.95.